The second-order valence-electron chi connectivity index (χ2n) is 6.22. The molecule has 5 nitrogen and oxygen atoms in total. The number of aryl methyl sites for hydroxylation is 2. The van der Waals surface area contributed by atoms with Crippen LogP contribution in [0.15, 0.2) is 18.2 Å². The Bertz CT molecular complexity index is 556. The zero-order chi connectivity index (χ0) is 17.5. The first kappa shape index (κ1) is 18.3. The highest BCUT2D eigenvalue weighted by atomic mass is 16.2. The van der Waals surface area contributed by atoms with E-state index in [0.717, 1.165) is 12.8 Å². The van der Waals surface area contributed by atoms with Gasteiger partial charge in [0.2, 0.25) is 11.8 Å². The average molecular weight is 331 g/mol. The highest BCUT2D eigenvalue weighted by Gasteiger charge is 2.21. The third-order valence-corrected chi connectivity index (χ3v) is 4.72. The highest BCUT2D eigenvalue weighted by molar-refractivity contribution is 5.78. The summed E-state index contributed by atoms with van der Waals surface area (Å²) in [7, 11) is 0. The summed E-state index contributed by atoms with van der Waals surface area (Å²) in [6.07, 6.45) is 2.45. The number of carbonyl (C=O) groups excluding carboxylic acids is 2. The number of anilines is 1. The van der Waals surface area contributed by atoms with E-state index < -0.39 is 0 Å². The van der Waals surface area contributed by atoms with E-state index in [2.05, 4.69) is 37.4 Å². The normalized spacial score (nSPS) is 14.6. The molecule has 0 aliphatic carbocycles. The maximum absolute atomic E-state index is 12.4. The quantitative estimate of drug-likeness (QED) is 0.870. The zero-order valence-corrected chi connectivity index (χ0v) is 15.1. The summed E-state index contributed by atoms with van der Waals surface area (Å²) in [4.78, 5) is 27.4. The first-order valence-corrected chi connectivity index (χ1v) is 8.94. The summed E-state index contributed by atoms with van der Waals surface area (Å²) in [5.41, 5.74) is 3.80. The first-order chi connectivity index (χ1) is 11.6. The monoisotopic (exact) mass is 331 g/mol. The zero-order valence-electron chi connectivity index (χ0n) is 15.1. The SMILES string of the molecule is CCc1cccc(CC)c1NCCC(=O)N1CCN(C(C)=O)CC1. The number of rotatable bonds is 6. The smallest absolute Gasteiger partial charge is 0.224 e. The molecule has 24 heavy (non-hydrogen) atoms. The summed E-state index contributed by atoms with van der Waals surface area (Å²) >= 11 is 0. The Labute approximate surface area is 145 Å². The van der Waals surface area contributed by atoms with Gasteiger partial charge in [-0.3, -0.25) is 9.59 Å². The Kier molecular flexibility index (Phi) is 6.64. The van der Waals surface area contributed by atoms with Crippen molar-refractivity contribution in [2.75, 3.05) is 38.0 Å². The molecule has 1 saturated heterocycles. The minimum Gasteiger partial charge on any atom is -0.384 e. The lowest BCUT2D eigenvalue weighted by molar-refractivity contribution is -0.138. The molecule has 1 heterocycles. The van der Waals surface area contributed by atoms with Crippen molar-refractivity contribution in [2.24, 2.45) is 0 Å². The molecule has 2 rings (SSSR count). The van der Waals surface area contributed by atoms with E-state index in [1.54, 1.807) is 11.8 Å². The number of piperazine rings is 1. The van der Waals surface area contributed by atoms with E-state index in [1.165, 1.54) is 16.8 Å². The van der Waals surface area contributed by atoms with Crippen LogP contribution in [0.4, 0.5) is 5.69 Å². The fraction of sp³-hybridized carbons (Fsp3) is 0.579. The predicted molar refractivity (Wildman–Crippen MR) is 97.1 cm³/mol. The van der Waals surface area contributed by atoms with Gasteiger partial charge in [-0.15, -0.1) is 0 Å². The van der Waals surface area contributed by atoms with Crippen molar-refractivity contribution in [1.29, 1.82) is 0 Å². The van der Waals surface area contributed by atoms with Crippen LogP contribution < -0.4 is 5.32 Å². The summed E-state index contributed by atoms with van der Waals surface area (Å²) in [6.45, 7) is 9.11. The minimum atomic E-state index is 0.0898. The summed E-state index contributed by atoms with van der Waals surface area (Å²) in [6, 6.07) is 6.39. The molecular weight excluding hydrogens is 302 g/mol. The van der Waals surface area contributed by atoms with Gasteiger partial charge < -0.3 is 15.1 Å². The third kappa shape index (κ3) is 4.49. The molecule has 1 fully saturated rings. The molecule has 0 unspecified atom stereocenters. The summed E-state index contributed by atoms with van der Waals surface area (Å²) in [5, 5.41) is 3.47. The Morgan fingerprint density at radius 3 is 2.04 bits per heavy atom. The van der Waals surface area contributed by atoms with Crippen molar-refractivity contribution in [3.8, 4) is 0 Å². The molecule has 0 atom stereocenters. The fourth-order valence-corrected chi connectivity index (χ4v) is 3.19. The number of amides is 2. The predicted octanol–water partition coefficient (Wildman–Crippen LogP) is 2.30. The lowest BCUT2D eigenvalue weighted by Gasteiger charge is -2.34. The van der Waals surface area contributed by atoms with E-state index in [4.69, 9.17) is 0 Å². The molecule has 2 amide bonds. The van der Waals surface area contributed by atoms with Crippen LogP contribution in [0.5, 0.6) is 0 Å². The van der Waals surface area contributed by atoms with Crippen molar-refractivity contribution in [2.45, 2.75) is 40.0 Å². The molecule has 0 bridgehead atoms. The first-order valence-electron chi connectivity index (χ1n) is 8.94. The van der Waals surface area contributed by atoms with Gasteiger partial charge in [0.25, 0.3) is 0 Å². The second kappa shape index (κ2) is 8.71. The van der Waals surface area contributed by atoms with Gasteiger partial charge in [0.15, 0.2) is 0 Å². The van der Waals surface area contributed by atoms with Gasteiger partial charge in [-0.1, -0.05) is 32.0 Å². The van der Waals surface area contributed by atoms with Gasteiger partial charge in [0, 0.05) is 51.8 Å². The van der Waals surface area contributed by atoms with Gasteiger partial charge in [-0.25, -0.2) is 0 Å². The highest BCUT2D eigenvalue weighted by Crippen LogP contribution is 2.22. The lowest BCUT2D eigenvalue weighted by atomic mass is 10.0. The van der Waals surface area contributed by atoms with Gasteiger partial charge in [-0.2, -0.15) is 0 Å². The molecule has 0 aromatic heterocycles. The molecule has 1 aromatic carbocycles. The molecule has 0 radical (unpaired) electrons. The van der Waals surface area contributed by atoms with Crippen molar-refractivity contribution < 1.29 is 9.59 Å². The molecule has 0 saturated carbocycles. The van der Waals surface area contributed by atoms with Gasteiger partial charge in [0.1, 0.15) is 0 Å². The van der Waals surface area contributed by atoms with Crippen LogP contribution in [0.2, 0.25) is 0 Å². The largest absolute Gasteiger partial charge is 0.384 e. The van der Waals surface area contributed by atoms with Crippen LogP contribution in [0.1, 0.15) is 38.3 Å². The molecule has 0 spiro atoms. The van der Waals surface area contributed by atoms with Crippen LogP contribution in [-0.2, 0) is 22.4 Å². The number of para-hydroxylation sites is 1. The summed E-state index contributed by atoms with van der Waals surface area (Å²) < 4.78 is 0. The molecule has 132 valence electrons. The number of benzene rings is 1. The third-order valence-electron chi connectivity index (χ3n) is 4.72. The maximum atomic E-state index is 12.4. The van der Waals surface area contributed by atoms with Crippen molar-refractivity contribution in [1.82, 2.24) is 9.80 Å². The number of carbonyl (C=O) groups is 2. The Morgan fingerprint density at radius 2 is 1.54 bits per heavy atom. The van der Waals surface area contributed by atoms with Crippen molar-refractivity contribution in [3.05, 3.63) is 29.3 Å². The number of nitrogens with zero attached hydrogens (tertiary/aromatic N) is 2. The molecule has 1 aliphatic rings. The Balaban J connectivity index is 1.84. The molecule has 1 N–H and O–H groups in total. The standard InChI is InChI=1S/C19H29N3O2/c1-4-16-7-6-8-17(5-2)19(16)20-10-9-18(24)22-13-11-21(12-14-22)15(3)23/h6-8,20H,4-5,9-14H2,1-3H3. The van der Waals surface area contributed by atoms with Gasteiger partial charge >= 0.3 is 0 Å². The van der Waals surface area contributed by atoms with Crippen LogP contribution in [0, 0.1) is 0 Å². The molecule has 5 heteroatoms. The van der Waals surface area contributed by atoms with Gasteiger partial charge in [-0.05, 0) is 24.0 Å². The van der Waals surface area contributed by atoms with E-state index in [9.17, 15) is 9.59 Å². The van der Waals surface area contributed by atoms with Crippen LogP contribution in [0.25, 0.3) is 0 Å². The maximum Gasteiger partial charge on any atom is 0.224 e. The average Bonchev–Trinajstić information content (AvgIpc) is 2.61. The second-order valence-corrected chi connectivity index (χ2v) is 6.22. The number of hydrogen-bond acceptors (Lipinski definition) is 3. The van der Waals surface area contributed by atoms with Crippen LogP contribution >= 0.6 is 0 Å². The number of nitrogens with one attached hydrogen (secondary N) is 1. The van der Waals surface area contributed by atoms with Gasteiger partial charge in [0.05, 0.1) is 0 Å². The van der Waals surface area contributed by atoms with E-state index in [0.29, 0.717) is 39.1 Å². The van der Waals surface area contributed by atoms with E-state index in [1.807, 2.05) is 4.90 Å². The van der Waals surface area contributed by atoms with E-state index in [-0.39, 0.29) is 11.8 Å². The molecule has 1 aliphatic heterocycles. The fourth-order valence-electron chi connectivity index (χ4n) is 3.19. The minimum absolute atomic E-state index is 0.0898. The molecular formula is C19H29N3O2. The summed E-state index contributed by atoms with van der Waals surface area (Å²) in [5.74, 6) is 0.254. The van der Waals surface area contributed by atoms with Crippen molar-refractivity contribution >= 4 is 17.5 Å². The van der Waals surface area contributed by atoms with E-state index >= 15 is 0 Å². The van der Waals surface area contributed by atoms with Crippen molar-refractivity contribution in [3.63, 3.8) is 0 Å². The molecule has 1 aromatic rings. The Morgan fingerprint density at radius 1 is 1.00 bits per heavy atom. The Hall–Kier alpha value is -2.04. The van der Waals surface area contributed by atoms with Crippen LogP contribution in [0.3, 0.4) is 0 Å². The van der Waals surface area contributed by atoms with Crippen LogP contribution in [-0.4, -0.2) is 54.3 Å². The lowest BCUT2D eigenvalue weighted by Crippen LogP contribution is -2.50. The number of hydrogen-bond donors (Lipinski definition) is 1. The topological polar surface area (TPSA) is 52.7 Å².